The molecule has 4 heteroatoms. The van der Waals surface area contributed by atoms with Crippen molar-refractivity contribution >= 4 is 5.91 Å². The number of methoxy groups -OCH3 is 1. The molecule has 1 saturated heterocycles. The van der Waals surface area contributed by atoms with Crippen LogP contribution in [0.2, 0.25) is 0 Å². The molecule has 0 aromatic heterocycles. The van der Waals surface area contributed by atoms with Gasteiger partial charge in [0.25, 0.3) is 0 Å². The van der Waals surface area contributed by atoms with E-state index in [0.29, 0.717) is 0 Å². The van der Waals surface area contributed by atoms with Gasteiger partial charge in [-0.2, -0.15) is 0 Å². The van der Waals surface area contributed by atoms with Gasteiger partial charge >= 0.3 is 0 Å². The monoisotopic (exact) mass is 304 g/mol. The van der Waals surface area contributed by atoms with Gasteiger partial charge < -0.3 is 15.0 Å². The Labute approximate surface area is 133 Å². The van der Waals surface area contributed by atoms with Crippen LogP contribution >= 0.6 is 0 Å². The first-order valence-corrected chi connectivity index (χ1v) is 8.03. The topological polar surface area (TPSA) is 41.6 Å². The van der Waals surface area contributed by atoms with Crippen LogP contribution in [-0.4, -0.2) is 37.6 Å². The van der Waals surface area contributed by atoms with Crippen LogP contribution in [0, 0.1) is 12.8 Å². The number of para-hydroxylation sites is 1. The molecule has 0 spiro atoms. The van der Waals surface area contributed by atoms with Crippen molar-refractivity contribution in [1.82, 2.24) is 10.2 Å². The van der Waals surface area contributed by atoms with Gasteiger partial charge in [-0.25, -0.2) is 0 Å². The molecule has 1 aromatic rings. The maximum Gasteiger partial charge on any atom is 0.224 e. The van der Waals surface area contributed by atoms with E-state index in [-0.39, 0.29) is 11.8 Å². The number of rotatable bonds is 6. The fourth-order valence-electron chi connectivity index (χ4n) is 2.95. The molecule has 22 heavy (non-hydrogen) atoms. The molecule has 2 rings (SSSR count). The number of likely N-dealkylation sites (tertiary alicyclic amines) is 1. The van der Waals surface area contributed by atoms with Crippen LogP contribution < -0.4 is 10.1 Å². The van der Waals surface area contributed by atoms with Crippen molar-refractivity contribution in [3.05, 3.63) is 29.3 Å². The Kier molecular flexibility index (Phi) is 5.12. The summed E-state index contributed by atoms with van der Waals surface area (Å²) in [6.45, 7) is 11.1. The number of carbonyl (C=O) groups excluding carboxylic acids is 1. The smallest absolute Gasteiger partial charge is 0.224 e. The Morgan fingerprint density at radius 3 is 2.64 bits per heavy atom. The highest BCUT2D eigenvalue weighted by Crippen LogP contribution is 2.32. The van der Waals surface area contributed by atoms with Crippen molar-refractivity contribution in [2.75, 3.05) is 26.7 Å². The second-order valence-corrected chi connectivity index (χ2v) is 6.83. The van der Waals surface area contributed by atoms with Gasteiger partial charge in [-0.3, -0.25) is 4.79 Å². The lowest BCUT2D eigenvalue weighted by Gasteiger charge is -2.34. The molecule has 0 bridgehead atoms. The summed E-state index contributed by atoms with van der Waals surface area (Å²) < 4.78 is 5.54. The van der Waals surface area contributed by atoms with Crippen LogP contribution in [0.1, 0.15) is 38.3 Å². The molecular formula is C18H28N2O2. The van der Waals surface area contributed by atoms with E-state index in [9.17, 15) is 4.79 Å². The van der Waals surface area contributed by atoms with Crippen LogP contribution in [0.4, 0.5) is 0 Å². The Balaban J connectivity index is 2.09. The molecule has 1 aliphatic heterocycles. The SMILES string of the molecule is COc1c(C)cccc1C(C)(C)NC(=O)[C@H](C)CN1CCC1. The number of ether oxygens (including phenoxy) is 1. The van der Waals surface area contributed by atoms with Crippen LogP contribution in [0.25, 0.3) is 0 Å². The molecule has 1 heterocycles. The first-order chi connectivity index (χ1) is 10.3. The van der Waals surface area contributed by atoms with Crippen LogP contribution in [-0.2, 0) is 10.3 Å². The number of hydrogen-bond acceptors (Lipinski definition) is 3. The highest BCUT2D eigenvalue weighted by Gasteiger charge is 2.29. The second kappa shape index (κ2) is 6.69. The van der Waals surface area contributed by atoms with Gasteiger partial charge in [-0.15, -0.1) is 0 Å². The van der Waals surface area contributed by atoms with Crippen LogP contribution in [0.15, 0.2) is 18.2 Å². The quantitative estimate of drug-likeness (QED) is 0.878. The zero-order chi connectivity index (χ0) is 16.3. The summed E-state index contributed by atoms with van der Waals surface area (Å²) in [5, 5.41) is 3.18. The average Bonchev–Trinajstić information content (AvgIpc) is 2.41. The van der Waals surface area contributed by atoms with Crippen molar-refractivity contribution < 1.29 is 9.53 Å². The zero-order valence-electron chi connectivity index (χ0n) is 14.4. The summed E-state index contributed by atoms with van der Waals surface area (Å²) in [6.07, 6.45) is 1.25. The van der Waals surface area contributed by atoms with E-state index in [1.54, 1.807) is 7.11 Å². The molecule has 0 saturated carbocycles. The Hall–Kier alpha value is -1.55. The van der Waals surface area contributed by atoms with E-state index in [2.05, 4.69) is 10.2 Å². The number of hydrogen-bond donors (Lipinski definition) is 1. The third-order valence-corrected chi connectivity index (χ3v) is 4.45. The van der Waals surface area contributed by atoms with Crippen LogP contribution in [0.5, 0.6) is 5.75 Å². The highest BCUT2D eigenvalue weighted by molar-refractivity contribution is 5.79. The van der Waals surface area contributed by atoms with Crippen molar-refractivity contribution in [3.63, 3.8) is 0 Å². The fourth-order valence-corrected chi connectivity index (χ4v) is 2.95. The number of nitrogens with one attached hydrogen (secondary N) is 1. The summed E-state index contributed by atoms with van der Waals surface area (Å²) in [6, 6.07) is 6.05. The number of nitrogens with zero attached hydrogens (tertiary/aromatic N) is 1. The van der Waals surface area contributed by atoms with Crippen molar-refractivity contribution in [2.45, 2.75) is 39.7 Å². The van der Waals surface area contributed by atoms with Gasteiger partial charge in [-0.05, 0) is 45.8 Å². The minimum atomic E-state index is -0.461. The molecule has 1 fully saturated rings. The molecule has 0 unspecified atom stereocenters. The van der Waals surface area contributed by atoms with Gasteiger partial charge in [0.2, 0.25) is 5.91 Å². The van der Waals surface area contributed by atoms with Crippen molar-refractivity contribution in [3.8, 4) is 5.75 Å². The highest BCUT2D eigenvalue weighted by atomic mass is 16.5. The van der Waals surface area contributed by atoms with E-state index in [0.717, 1.165) is 36.5 Å². The maximum atomic E-state index is 12.5. The third-order valence-electron chi connectivity index (χ3n) is 4.45. The lowest BCUT2D eigenvalue weighted by atomic mass is 9.91. The van der Waals surface area contributed by atoms with E-state index >= 15 is 0 Å². The van der Waals surface area contributed by atoms with Crippen LogP contribution in [0.3, 0.4) is 0 Å². The van der Waals surface area contributed by atoms with Crippen molar-refractivity contribution in [2.24, 2.45) is 5.92 Å². The van der Waals surface area contributed by atoms with Gasteiger partial charge in [0, 0.05) is 18.0 Å². The summed E-state index contributed by atoms with van der Waals surface area (Å²) in [4.78, 5) is 14.8. The average molecular weight is 304 g/mol. The van der Waals surface area contributed by atoms with Gasteiger partial charge in [0.15, 0.2) is 0 Å². The molecule has 0 aliphatic carbocycles. The molecular weight excluding hydrogens is 276 g/mol. The number of benzene rings is 1. The Morgan fingerprint density at radius 2 is 2.09 bits per heavy atom. The first-order valence-electron chi connectivity index (χ1n) is 8.03. The normalized spacial score (nSPS) is 16.8. The van der Waals surface area contributed by atoms with Gasteiger partial charge in [0.1, 0.15) is 5.75 Å². The molecule has 1 N–H and O–H groups in total. The van der Waals surface area contributed by atoms with Gasteiger partial charge in [0.05, 0.1) is 12.6 Å². The van der Waals surface area contributed by atoms with E-state index in [4.69, 9.17) is 4.74 Å². The van der Waals surface area contributed by atoms with E-state index < -0.39 is 5.54 Å². The largest absolute Gasteiger partial charge is 0.496 e. The minimum absolute atomic E-state index is 0.00428. The minimum Gasteiger partial charge on any atom is -0.496 e. The van der Waals surface area contributed by atoms with Crippen molar-refractivity contribution in [1.29, 1.82) is 0 Å². The summed E-state index contributed by atoms with van der Waals surface area (Å²) >= 11 is 0. The number of amides is 1. The fraction of sp³-hybridized carbons (Fsp3) is 0.611. The summed E-state index contributed by atoms with van der Waals surface area (Å²) in [5.74, 6) is 0.944. The molecule has 0 radical (unpaired) electrons. The third kappa shape index (κ3) is 3.61. The second-order valence-electron chi connectivity index (χ2n) is 6.83. The van der Waals surface area contributed by atoms with E-state index in [1.807, 2.05) is 45.9 Å². The molecule has 122 valence electrons. The maximum absolute atomic E-state index is 12.5. The molecule has 1 atom stereocenters. The predicted molar refractivity (Wildman–Crippen MR) is 89.1 cm³/mol. The Morgan fingerprint density at radius 1 is 1.41 bits per heavy atom. The summed E-state index contributed by atoms with van der Waals surface area (Å²) in [5.41, 5.74) is 1.63. The molecule has 1 aromatic carbocycles. The lowest BCUT2D eigenvalue weighted by Crippen LogP contribution is -2.48. The summed E-state index contributed by atoms with van der Waals surface area (Å²) in [7, 11) is 1.68. The van der Waals surface area contributed by atoms with E-state index in [1.165, 1.54) is 6.42 Å². The number of aryl methyl sites for hydroxylation is 1. The zero-order valence-corrected chi connectivity index (χ0v) is 14.4. The Bertz CT molecular complexity index is 536. The predicted octanol–water partition coefficient (Wildman–Crippen LogP) is 2.70. The standard InChI is InChI=1S/C18H28N2O2/c1-13-8-6-9-15(16(13)22-5)18(3,4)19-17(21)14(2)12-20-10-7-11-20/h6,8-9,14H,7,10-12H2,1-5H3,(H,19,21)/t14-/m1/s1. The molecule has 1 amide bonds. The molecule has 1 aliphatic rings. The molecule has 4 nitrogen and oxygen atoms in total. The number of carbonyl (C=O) groups is 1. The van der Waals surface area contributed by atoms with Gasteiger partial charge in [-0.1, -0.05) is 25.1 Å². The first kappa shape index (κ1) is 16.8. The lowest BCUT2D eigenvalue weighted by molar-refractivity contribution is -0.127.